The maximum Gasteiger partial charge on any atom is 0.174 e. The van der Waals surface area contributed by atoms with Crippen LogP contribution in [0.2, 0.25) is 0 Å². The van der Waals surface area contributed by atoms with E-state index in [4.69, 9.17) is 10.5 Å². The van der Waals surface area contributed by atoms with E-state index >= 15 is 0 Å². The van der Waals surface area contributed by atoms with Crippen LogP contribution in [-0.2, 0) is 6.54 Å². The van der Waals surface area contributed by atoms with E-state index < -0.39 is 0 Å². The van der Waals surface area contributed by atoms with Crippen LogP contribution < -0.4 is 10.5 Å². The van der Waals surface area contributed by atoms with Crippen molar-refractivity contribution in [3.63, 3.8) is 0 Å². The second-order valence-electron chi connectivity index (χ2n) is 4.25. The first-order valence-electron chi connectivity index (χ1n) is 5.94. The Hall–Kier alpha value is -1.90. The monoisotopic (exact) mass is 381 g/mol. The lowest BCUT2D eigenvalue weighted by Crippen LogP contribution is -2.03. The molecule has 1 aromatic carbocycles. The normalized spacial score (nSPS) is 10.9. The third-order valence-electron chi connectivity index (χ3n) is 3.01. The van der Waals surface area contributed by atoms with E-state index in [1.54, 1.807) is 7.11 Å². The summed E-state index contributed by atoms with van der Waals surface area (Å²) in [5.74, 6) is 1.24. The van der Waals surface area contributed by atoms with E-state index in [9.17, 15) is 0 Å². The van der Waals surface area contributed by atoms with Crippen molar-refractivity contribution >= 4 is 39.6 Å². The third kappa shape index (κ3) is 2.28. The third-order valence-corrected chi connectivity index (χ3v) is 3.84. The Morgan fingerprint density at radius 1 is 1.25 bits per heavy atom. The lowest BCUT2D eigenvalue weighted by Gasteiger charge is -2.06. The van der Waals surface area contributed by atoms with Gasteiger partial charge in [0.25, 0.3) is 0 Å². The summed E-state index contributed by atoms with van der Waals surface area (Å²) in [7, 11) is 1.65. The highest BCUT2D eigenvalue weighted by molar-refractivity contribution is 14.1. The van der Waals surface area contributed by atoms with Gasteiger partial charge in [-0.1, -0.05) is 12.1 Å². The molecule has 3 rings (SSSR count). The van der Waals surface area contributed by atoms with Crippen LogP contribution in [0.4, 0.5) is 5.82 Å². The van der Waals surface area contributed by atoms with Crippen molar-refractivity contribution in [1.29, 1.82) is 0 Å². The van der Waals surface area contributed by atoms with E-state index in [0.29, 0.717) is 17.9 Å². The highest BCUT2D eigenvalue weighted by Crippen LogP contribution is 2.21. The number of nitrogens with zero attached hydrogens (tertiary/aromatic N) is 4. The average Bonchev–Trinajstić information content (AvgIpc) is 2.78. The summed E-state index contributed by atoms with van der Waals surface area (Å²) in [5.41, 5.74) is 8.35. The largest absolute Gasteiger partial charge is 0.497 e. The molecule has 0 aliphatic carbocycles. The van der Waals surface area contributed by atoms with Gasteiger partial charge in [-0.15, -0.1) is 0 Å². The smallest absolute Gasteiger partial charge is 0.174 e. The number of ether oxygens (including phenoxy) is 1. The van der Waals surface area contributed by atoms with Crippen LogP contribution in [-0.4, -0.2) is 26.6 Å². The van der Waals surface area contributed by atoms with Gasteiger partial charge < -0.3 is 10.5 Å². The SMILES string of the molecule is COc1ccc(Cn2c(I)nc3c(N)ncnc32)cc1. The Bertz CT molecular complexity index is 753. The number of fused-ring (bicyclic) bond motifs is 1. The molecule has 0 amide bonds. The molecule has 102 valence electrons. The van der Waals surface area contributed by atoms with Gasteiger partial charge in [-0.25, -0.2) is 15.0 Å². The van der Waals surface area contributed by atoms with Crippen LogP contribution in [0.5, 0.6) is 5.75 Å². The van der Waals surface area contributed by atoms with E-state index in [1.165, 1.54) is 6.33 Å². The molecule has 0 aliphatic heterocycles. The van der Waals surface area contributed by atoms with Crippen molar-refractivity contribution in [2.45, 2.75) is 6.54 Å². The maximum absolute atomic E-state index is 5.82. The van der Waals surface area contributed by atoms with Crippen molar-refractivity contribution in [1.82, 2.24) is 19.5 Å². The zero-order valence-electron chi connectivity index (χ0n) is 10.7. The molecule has 3 aromatic rings. The van der Waals surface area contributed by atoms with Gasteiger partial charge >= 0.3 is 0 Å². The van der Waals surface area contributed by atoms with Gasteiger partial charge in [0.2, 0.25) is 0 Å². The lowest BCUT2D eigenvalue weighted by atomic mass is 10.2. The number of nitrogen functional groups attached to an aromatic ring is 1. The molecule has 2 heterocycles. The number of methoxy groups -OCH3 is 1. The van der Waals surface area contributed by atoms with Crippen molar-refractivity contribution in [3.05, 3.63) is 40.0 Å². The minimum absolute atomic E-state index is 0.404. The predicted octanol–water partition coefficient (Wildman–Crippen LogP) is 2.07. The van der Waals surface area contributed by atoms with E-state index in [0.717, 1.165) is 20.8 Å². The number of anilines is 1. The Morgan fingerprint density at radius 3 is 2.70 bits per heavy atom. The highest BCUT2D eigenvalue weighted by Gasteiger charge is 2.12. The van der Waals surface area contributed by atoms with Crippen LogP contribution >= 0.6 is 22.6 Å². The first kappa shape index (κ1) is 13.1. The molecule has 2 aromatic heterocycles. The fourth-order valence-electron chi connectivity index (χ4n) is 1.98. The molecule has 0 bridgehead atoms. The summed E-state index contributed by atoms with van der Waals surface area (Å²) in [6.07, 6.45) is 1.46. The van der Waals surface area contributed by atoms with Crippen molar-refractivity contribution in [3.8, 4) is 5.75 Å². The van der Waals surface area contributed by atoms with Gasteiger partial charge in [0.05, 0.1) is 13.7 Å². The number of hydrogen-bond acceptors (Lipinski definition) is 5. The minimum Gasteiger partial charge on any atom is -0.497 e. The number of hydrogen-bond donors (Lipinski definition) is 1. The standard InChI is InChI=1S/C13H12IN5O/c1-20-9-4-2-8(3-5-9)6-19-12-10(18-13(19)14)11(15)16-7-17-12/h2-5,7H,6H2,1H3,(H2,15,16,17). The van der Waals surface area contributed by atoms with Crippen molar-refractivity contribution in [2.75, 3.05) is 12.8 Å². The number of benzene rings is 1. The Balaban J connectivity index is 2.01. The molecule has 6 nitrogen and oxygen atoms in total. The van der Waals surface area contributed by atoms with Gasteiger partial charge in [0, 0.05) is 22.6 Å². The van der Waals surface area contributed by atoms with Crippen LogP contribution in [0.25, 0.3) is 11.2 Å². The topological polar surface area (TPSA) is 78.9 Å². The van der Waals surface area contributed by atoms with E-state index in [2.05, 4.69) is 37.5 Å². The molecule has 0 unspecified atom stereocenters. The summed E-state index contributed by atoms with van der Waals surface area (Å²) < 4.78 is 8.00. The minimum atomic E-state index is 0.404. The molecule has 0 aliphatic rings. The maximum atomic E-state index is 5.82. The molecule has 0 atom stereocenters. The summed E-state index contributed by atoms with van der Waals surface area (Å²) >= 11 is 2.17. The molecule has 0 saturated heterocycles. The first-order valence-corrected chi connectivity index (χ1v) is 7.02. The average molecular weight is 381 g/mol. The van der Waals surface area contributed by atoms with Crippen LogP contribution in [0.15, 0.2) is 30.6 Å². The van der Waals surface area contributed by atoms with Crippen LogP contribution in [0, 0.1) is 3.83 Å². The molecule has 0 spiro atoms. The quantitative estimate of drug-likeness (QED) is 0.555. The van der Waals surface area contributed by atoms with E-state index in [1.807, 2.05) is 28.8 Å². The summed E-state index contributed by atoms with van der Waals surface area (Å²) in [5, 5.41) is 0. The zero-order valence-corrected chi connectivity index (χ0v) is 12.9. The van der Waals surface area contributed by atoms with Gasteiger partial charge in [-0.05, 0) is 17.7 Å². The zero-order chi connectivity index (χ0) is 14.1. The number of aromatic nitrogens is 4. The molecule has 2 N–H and O–H groups in total. The Morgan fingerprint density at radius 2 is 2.00 bits per heavy atom. The number of rotatable bonds is 3. The molecule has 0 radical (unpaired) electrons. The first-order chi connectivity index (χ1) is 9.69. The lowest BCUT2D eigenvalue weighted by molar-refractivity contribution is 0.414. The molecular formula is C13H12IN5O. The van der Waals surface area contributed by atoms with Gasteiger partial charge in [-0.2, -0.15) is 0 Å². The molecule has 0 saturated carbocycles. The molecule has 20 heavy (non-hydrogen) atoms. The number of halogens is 1. The molecular weight excluding hydrogens is 369 g/mol. The second kappa shape index (κ2) is 5.23. The van der Waals surface area contributed by atoms with Crippen molar-refractivity contribution < 1.29 is 4.74 Å². The van der Waals surface area contributed by atoms with Crippen LogP contribution in [0.1, 0.15) is 5.56 Å². The summed E-state index contributed by atoms with van der Waals surface area (Å²) in [6.45, 7) is 0.676. The molecule has 7 heteroatoms. The summed E-state index contributed by atoms with van der Waals surface area (Å²) in [6, 6.07) is 7.91. The highest BCUT2D eigenvalue weighted by atomic mass is 127. The van der Waals surface area contributed by atoms with E-state index in [-0.39, 0.29) is 0 Å². The summed E-state index contributed by atoms with van der Waals surface area (Å²) in [4.78, 5) is 12.7. The second-order valence-corrected chi connectivity index (χ2v) is 5.21. The van der Waals surface area contributed by atoms with Gasteiger partial charge in [0.15, 0.2) is 20.8 Å². The van der Waals surface area contributed by atoms with Crippen molar-refractivity contribution in [2.24, 2.45) is 0 Å². The van der Waals surface area contributed by atoms with Gasteiger partial charge in [0.1, 0.15) is 12.1 Å². The number of nitrogens with two attached hydrogens (primary N) is 1. The fraction of sp³-hybridized carbons (Fsp3) is 0.154. The number of imidazole rings is 1. The Kier molecular flexibility index (Phi) is 3.43. The van der Waals surface area contributed by atoms with Crippen LogP contribution in [0.3, 0.4) is 0 Å². The predicted molar refractivity (Wildman–Crippen MR) is 84.5 cm³/mol. The molecule has 0 fully saturated rings. The Labute approximate surface area is 129 Å². The van der Waals surface area contributed by atoms with Gasteiger partial charge in [-0.3, -0.25) is 4.57 Å². The fourth-order valence-corrected chi connectivity index (χ4v) is 2.62.